The summed E-state index contributed by atoms with van der Waals surface area (Å²) in [5, 5.41) is 10.5. The van der Waals surface area contributed by atoms with Crippen LogP contribution >= 0.6 is 11.3 Å². The van der Waals surface area contributed by atoms with Crippen molar-refractivity contribution in [2.75, 3.05) is 13.1 Å². The summed E-state index contributed by atoms with van der Waals surface area (Å²) >= 11 is 0.922. The van der Waals surface area contributed by atoms with Crippen LogP contribution in [0.2, 0.25) is 0 Å². The van der Waals surface area contributed by atoms with Crippen LogP contribution in [0.3, 0.4) is 0 Å². The highest BCUT2D eigenvalue weighted by Crippen LogP contribution is 2.25. The first-order valence-electron chi connectivity index (χ1n) is 5.37. The number of hydrogen-bond donors (Lipinski definition) is 1. The predicted octanol–water partition coefficient (Wildman–Crippen LogP) is 1.22. The van der Waals surface area contributed by atoms with E-state index in [-0.39, 0.29) is 17.0 Å². The smallest absolute Gasteiger partial charge is 0.324 e. The summed E-state index contributed by atoms with van der Waals surface area (Å²) in [5.41, 5.74) is 5.75. The Balaban J connectivity index is 2.06. The van der Waals surface area contributed by atoms with Gasteiger partial charge in [0.15, 0.2) is 0 Å². The van der Waals surface area contributed by atoms with E-state index in [1.54, 1.807) is 4.90 Å². The molecule has 0 bridgehead atoms. The Morgan fingerprint density at radius 3 is 2.65 bits per heavy atom. The van der Waals surface area contributed by atoms with Crippen LogP contribution in [0.5, 0.6) is 0 Å². The van der Waals surface area contributed by atoms with Gasteiger partial charge in [-0.25, -0.2) is 0 Å². The summed E-state index contributed by atoms with van der Waals surface area (Å²) in [6.07, 6.45) is 1.58. The molecule has 1 aliphatic rings. The Kier molecular flexibility index (Phi) is 3.39. The van der Waals surface area contributed by atoms with Crippen molar-refractivity contribution >= 4 is 22.2 Å². The second-order valence-corrected chi connectivity index (χ2v) is 5.09. The van der Waals surface area contributed by atoms with E-state index in [1.807, 2.05) is 0 Å². The molecule has 0 radical (unpaired) electrons. The molecule has 1 saturated heterocycles. The maximum absolute atomic E-state index is 12.0. The zero-order chi connectivity index (χ0) is 12.4. The van der Waals surface area contributed by atoms with Gasteiger partial charge in [0.1, 0.15) is 0 Å². The standard InChI is InChI=1S/C10H13N3O3S/c11-7-3-5-12(6-4-7)10(14)8-1-2-9(17-8)13(15)16/h1-2,7H,3-6,11H2. The van der Waals surface area contributed by atoms with Crippen molar-refractivity contribution in [1.82, 2.24) is 4.90 Å². The zero-order valence-electron chi connectivity index (χ0n) is 9.17. The van der Waals surface area contributed by atoms with Gasteiger partial charge in [0, 0.05) is 25.2 Å². The van der Waals surface area contributed by atoms with E-state index in [0.29, 0.717) is 18.0 Å². The Bertz CT molecular complexity index is 438. The lowest BCUT2D eigenvalue weighted by molar-refractivity contribution is -0.380. The first-order chi connectivity index (χ1) is 8.08. The SMILES string of the molecule is NC1CCN(C(=O)c2ccc([N+](=O)[O-])s2)CC1. The minimum Gasteiger partial charge on any atom is -0.338 e. The molecule has 0 aliphatic carbocycles. The molecule has 2 N–H and O–H groups in total. The van der Waals surface area contributed by atoms with Crippen molar-refractivity contribution in [2.45, 2.75) is 18.9 Å². The predicted molar refractivity (Wildman–Crippen MR) is 64.1 cm³/mol. The molecule has 1 aromatic rings. The number of nitrogens with two attached hydrogens (primary N) is 1. The maximum Gasteiger partial charge on any atom is 0.324 e. The number of likely N-dealkylation sites (tertiary alicyclic amines) is 1. The first-order valence-corrected chi connectivity index (χ1v) is 6.18. The molecular formula is C10H13N3O3S. The van der Waals surface area contributed by atoms with Gasteiger partial charge >= 0.3 is 5.00 Å². The molecule has 92 valence electrons. The molecule has 0 spiro atoms. The Morgan fingerprint density at radius 1 is 1.47 bits per heavy atom. The highest BCUT2D eigenvalue weighted by atomic mass is 32.1. The number of carbonyl (C=O) groups is 1. The molecule has 17 heavy (non-hydrogen) atoms. The minimum absolute atomic E-state index is 0.00191. The largest absolute Gasteiger partial charge is 0.338 e. The van der Waals surface area contributed by atoms with Gasteiger partial charge in [0.05, 0.1) is 9.80 Å². The van der Waals surface area contributed by atoms with E-state index >= 15 is 0 Å². The van der Waals surface area contributed by atoms with Crippen LogP contribution in [0.15, 0.2) is 12.1 Å². The van der Waals surface area contributed by atoms with Crippen molar-refractivity contribution < 1.29 is 9.72 Å². The number of amides is 1. The number of thiophene rings is 1. The summed E-state index contributed by atoms with van der Waals surface area (Å²) in [7, 11) is 0. The third kappa shape index (κ3) is 2.62. The van der Waals surface area contributed by atoms with E-state index in [0.717, 1.165) is 24.2 Å². The molecule has 2 heterocycles. The highest BCUT2D eigenvalue weighted by Gasteiger charge is 2.24. The van der Waals surface area contributed by atoms with Gasteiger partial charge in [-0.15, -0.1) is 0 Å². The summed E-state index contributed by atoms with van der Waals surface area (Å²) in [6.45, 7) is 1.26. The molecule has 6 nitrogen and oxygen atoms in total. The maximum atomic E-state index is 12.0. The minimum atomic E-state index is -0.479. The first kappa shape index (κ1) is 12.0. The molecule has 0 unspecified atom stereocenters. The Labute approximate surface area is 102 Å². The van der Waals surface area contributed by atoms with E-state index < -0.39 is 4.92 Å². The molecule has 0 aromatic carbocycles. The molecule has 1 aromatic heterocycles. The summed E-state index contributed by atoms with van der Waals surface area (Å²) in [6, 6.07) is 3.05. The molecular weight excluding hydrogens is 242 g/mol. The van der Waals surface area contributed by atoms with Gasteiger partial charge in [0.2, 0.25) is 0 Å². The van der Waals surface area contributed by atoms with Crippen LogP contribution < -0.4 is 5.73 Å². The normalized spacial score (nSPS) is 17.1. The van der Waals surface area contributed by atoms with E-state index in [9.17, 15) is 14.9 Å². The zero-order valence-corrected chi connectivity index (χ0v) is 9.98. The van der Waals surface area contributed by atoms with Crippen LogP contribution in [0.1, 0.15) is 22.5 Å². The Morgan fingerprint density at radius 2 is 2.12 bits per heavy atom. The van der Waals surface area contributed by atoms with Gasteiger partial charge in [-0.1, -0.05) is 11.3 Å². The number of nitrogens with zero attached hydrogens (tertiary/aromatic N) is 2. The Hall–Kier alpha value is -1.47. The van der Waals surface area contributed by atoms with Gasteiger partial charge in [-0.2, -0.15) is 0 Å². The third-order valence-corrected chi connectivity index (χ3v) is 3.83. The molecule has 7 heteroatoms. The molecule has 0 atom stereocenters. The number of piperidine rings is 1. The quantitative estimate of drug-likeness (QED) is 0.635. The lowest BCUT2D eigenvalue weighted by atomic mass is 10.1. The van der Waals surface area contributed by atoms with E-state index in [4.69, 9.17) is 5.73 Å². The summed E-state index contributed by atoms with van der Waals surface area (Å²) < 4.78 is 0. The average Bonchev–Trinajstić information content (AvgIpc) is 2.78. The summed E-state index contributed by atoms with van der Waals surface area (Å²) in [4.78, 5) is 24.2. The number of hydrogen-bond acceptors (Lipinski definition) is 5. The van der Waals surface area contributed by atoms with Crippen LogP contribution in [-0.4, -0.2) is 34.9 Å². The van der Waals surface area contributed by atoms with Crippen LogP contribution in [-0.2, 0) is 0 Å². The van der Waals surface area contributed by atoms with Crippen LogP contribution in [0, 0.1) is 10.1 Å². The molecule has 1 amide bonds. The fraction of sp³-hybridized carbons (Fsp3) is 0.500. The van der Waals surface area contributed by atoms with Gasteiger partial charge < -0.3 is 10.6 Å². The number of nitro groups is 1. The fourth-order valence-electron chi connectivity index (χ4n) is 1.80. The van der Waals surface area contributed by atoms with Crippen molar-refractivity contribution in [3.63, 3.8) is 0 Å². The summed E-state index contributed by atoms with van der Waals surface area (Å²) in [5.74, 6) is -0.130. The second kappa shape index (κ2) is 4.80. The second-order valence-electron chi connectivity index (χ2n) is 4.02. The van der Waals surface area contributed by atoms with Gasteiger partial charge in [0.25, 0.3) is 5.91 Å². The lowest BCUT2D eigenvalue weighted by Crippen LogP contribution is -2.42. The van der Waals surface area contributed by atoms with Crippen molar-refractivity contribution in [3.05, 3.63) is 27.1 Å². The van der Waals surface area contributed by atoms with Crippen molar-refractivity contribution in [2.24, 2.45) is 5.73 Å². The van der Waals surface area contributed by atoms with Crippen molar-refractivity contribution in [1.29, 1.82) is 0 Å². The molecule has 1 fully saturated rings. The van der Waals surface area contributed by atoms with Crippen LogP contribution in [0.4, 0.5) is 5.00 Å². The van der Waals surface area contributed by atoms with Crippen molar-refractivity contribution in [3.8, 4) is 0 Å². The number of carbonyl (C=O) groups excluding carboxylic acids is 1. The number of rotatable bonds is 2. The molecule has 2 rings (SSSR count). The van der Waals surface area contributed by atoms with E-state index in [1.165, 1.54) is 12.1 Å². The monoisotopic (exact) mass is 255 g/mol. The molecule has 0 saturated carbocycles. The fourth-order valence-corrected chi connectivity index (χ4v) is 2.59. The topological polar surface area (TPSA) is 89.5 Å². The van der Waals surface area contributed by atoms with Gasteiger partial charge in [-0.05, 0) is 18.9 Å². The van der Waals surface area contributed by atoms with Gasteiger partial charge in [-0.3, -0.25) is 14.9 Å². The molecule has 1 aliphatic heterocycles. The highest BCUT2D eigenvalue weighted by molar-refractivity contribution is 7.17. The lowest BCUT2D eigenvalue weighted by Gasteiger charge is -2.29. The van der Waals surface area contributed by atoms with E-state index in [2.05, 4.69) is 0 Å². The van der Waals surface area contributed by atoms with Crippen LogP contribution in [0.25, 0.3) is 0 Å². The third-order valence-electron chi connectivity index (χ3n) is 2.81. The average molecular weight is 255 g/mol.